The molecule has 1 unspecified atom stereocenters. The van der Waals surface area contributed by atoms with Gasteiger partial charge in [-0.3, -0.25) is 9.59 Å². The highest BCUT2D eigenvalue weighted by molar-refractivity contribution is 6.30. The molecule has 8 heteroatoms. The van der Waals surface area contributed by atoms with Crippen LogP contribution in [0, 0.1) is 6.92 Å². The predicted molar refractivity (Wildman–Crippen MR) is 164 cm³/mol. The third kappa shape index (κ3) is 6.36. The number of nitrogens with zero attached hydrogens (tertiary/aromatic N) is 3. The first-order valence-electron chi connectivity index (χ1n) is 14.4. The van der Waals surface area contributed by atoms with Crippen LogP contribution in [0.3, 0.4) is 0 Å². The number of benzene rings is 3. The van der Waals surface area contributed by atoms with E-state index < -0.39 is 5.97 Å². The van der Waals surface area contributed by atoms with Crippen LogP contribution in [0.5, 0.6) is 0 Å². The van der Waals surface area contributed by atoms with Gasteiger partial charge in [0.05, 0.1) is 18.7 Å². The fraction of sp³-hybridized carbons (Fsp3) is 0.324. The van der Waals surface area contributed by atoms with Crippen LogP contribution < -0.4 is 4.90 Å². The summed E-state index contributed by atoms with van der Waals surface area (Å²) in [7, 11) is 0. The van der Waals surface area contributed by atoms with Crippen molar-refractivity contribution in [2.24, 2.45) is 0 Å². The standard InChI is InChI=1S/C34H36ClN3O4/c1-4-42-34(41)32-24(3)38(31(39)21-30(32)26-10-5-8-23(2)18-26)22-25-9-6-11-27(19-25)33(40)37-16-14-36(15-17-37)29-13-7-12-28(35)20-29/h5-13,18-20,30H,4,14-17,21-22H2,1-3H3. The summed E-state index contributed by atoms with van der Waals surface area (Å²) < 4.78 is 5.43. The first-order chi connectivity index (χ1) is 20.2. The van der Waals surface area contributed by atoms with Gasteiger partial charge in [-0.1, -0.05) is 59.6 Å². The average Bonchev–Trinajstić information content (AvgIpc) is 2.99. The Morgan fingerprint density at radius 3 is 2.38 bits per heavy atom. The van der Waals surface area contributed by atoms with Crippen molar-refractivity contribution < 1.29 is 19.1 Å². The normalized spacial score (nSPS) is 17.5. The Morgan fingerprint density at radius 2 is 1.67 bits per heavy atom. The van der Waals surface area contributed by atoms with E-state index in [2.05, 4.69) is 4.90 Å². The number of hydrogen-bond donors (Lipinski definition) is 0. The molecule has 1 saturated heterocycles. The van der Waals surface area contributed by atoms with Crippen LogP contribution in [0.1, 0.15) is 53.2 Å². The molecule has 2 amide bonds. The quantitative estimate of drug-likeness (QED) is 0.320. The van der Waals surface area contributed by atoms with E-state index in [1.54, 1.807) is 18.7 Å². The van der Waals surface area contributed by atoms with Gasteiger partial charge in [0.25, 0.3) is 5.91 Å². The topological polar surface area (TPSA) is 70.2 Å². The zero-order valence-corrected chi connectivity index (χ0v) is 25.1. The molecule has 0 saturated carbocycles. The molecule has 0 aliphatic carbocycles. The van der Waals surface area contributed by atoms with Gasteiger partial charge in [-0.2, -0.15) is 0 Å². The van der Waals surface area contributed by atoms with E-state index >= 15 is 0 Å². The molecule has 2 aliphatic rings. The van der Waals surface area contributed by atoms with Crippen molar-refractivity contribution in [3.8, 4) is 0 Å². The Balaban J connectivity index is 1.33. The van der Waals surface area contributed by atoms with Gasteiger partial charge in [0, 0.05) is 60.5 Å². The molecule has 0 bridgehead atoms. The molecule has 0 N–H and O–H groups in total. The van der Waals surface area contributed by atoms with Gasteiger partial charge < -0.3 is 19.4 Å². The Morgan fingerprint density at radius 1 is 0.929 bits per heavy atom. The number of amides is 2. The summed E-state index contributed by atoms with van der Waals surface area (Å²) in [6.07, 6.45) is 0.171. The number of anilines is 1. The molecule has 5 rings (SSSR count). The van der Waals surface area contributed by atoms with Gasteiger partial charge in [0.1, 0.15) is 0 Å². The van der Waals surface area contributed by atoms with Crippen molar-refractivity contribution in [3.63, 3.8) is 0 Å². The van der Waals surface area contributed by atoms with Crippen LogP contribution in [0.25, 0.3) is 0 Å². The number of allylic oxidation sites excluding steroid dienone is 1. The third-order valence-electron chi connectivity index (χ3n) is 8.02. The van der Waals surface area contributed by atoms with E-state index in [4.69, 9.17) is 16.3 Å². The second-order valence-corrected chi connectivity index (χ2v) is 11.3. The van der Waals surface area contributed by atoms with E-state index in [1.165, 1.54) is 0 Å². The molecule has 1 fully saturated rings. The van der Waals surface area contributed by atoms with Crippen molar-refractivity contribution in [1.29, 1.82) is 0 Å². The third-order valence-corrected chi connectivity index (χ3v) is 8.25. The number of rotatable bonds is 7. The predicted octanol–water partition coefficient (Wildman–Crippen LogP) is 5.96. The summed E-state index contributed by atoms with van der Waals surface area (Å²) in [6, 6.07) is 23.1. The number of carbonyl (C=O) groups excluding carboxylic acids is 3. The van der Waals surface area contributed by atoms with Crippen LogP contribution in [0.2, 0.25) is 5.02 Å². The average molecular weight is 586 g/mol. The summed E-state index contributed by atoms with van der Waals surface area (Å²) in [6.45, 7) is 8.74. The highest BCUT2D eigenvalue weighted by Gasteiger charge is 2.37. The number of ether oxygens (including phenoxy) is 1. The van der Waals surface area contributed by atoms with Gasteiger partial charge >= 0.3 is 5.97 Å². The van der Waals surface area contributed by atoms with E-state index in [0.717, 1.165) is 35.5 Å². The van der Waals surface area contributed by atoms with E-state index in [0.29, 0.717) is 34.9 Å². The SMILES string of the molecule is CCOC(=O)C1=C(C)N(Cc2cccc(C(=O)N3CCN(c4cccc(Cl)c4)CC3)c2)C(=O)CC1c1cccc(C)c1. The maximum Gasteiger partial charge on any atom is 0.336 e. The molecule has 42 heavy (non-hydrogen) atoms. The fourth-order valence-electron chi connectivity index (χ4n) is 5.86. The lowest BCUT2D eigenvalue weighted by molar-refractivity contribution is -0.140. The second kappa shape index (κ2) is 12.8. The number of piperazine rings is 1. The lowest BCUT2D eigenvalue weighted by Gasteiger charge is -2.36. The van der Waals surface area contributed by atoms with E-state index in [-0.39, 0.29) is 37.3 Å². The summed E-state index contributed by atoms with van der Waals surface area (Å²) in [4.78, 5) is 45.8. The molecule has 1 atom stereocenters. The van der Waals surface area contributed by atoms with Crippen molar-refractivity contribution in [1.82, 2.24) is 9.80 Å². The minimum atomic E-state index is -0.403. The van der Waals surface area contributed by atoms with Crippen molar-refractivity contribution in [2.45, 2.75) is 39.7 Å². The summed E-state index contributed by atoms with van der Waals surface area (Å²) in [5, 5.41) is 0.695. The van der Waals surface area contributed by atoms with Crippen LogP contribution in [-0.2, 0) is 20.9 Å². The van der Waals surface area contributed by atoms with Crippen LogP contribution >= 0.6 is 11.6 Å². The molecule has 218 valence electrons. The molecule has 0 radical (unpaired) electrons. The van der Waals surface area contributed by atoms with Gasteiger partial charge in [-0.25, -0.2) is 4.79 Å². The highest BCUT2D eigenvalue weighted by Crippen LogP contribution is 2.38. The maximum atomic E-state index is 13.5. The number of esters is 1. The van der Waals surface area contributed by atoms with Crippen molar-refractivity contribution in [2.75, 3.05) is 37.7 Å². The Bertz CT molecular complexity index is 1530. The molecular weight excluding hydrogens is 550 g/mol. The minimum absolute atomic E-state index is 0.0356. The zero-order valence-electron chi connectivity index (χ0n) is 24.3. The van der Waals surface area contributed by atoms with E-state index in [9.17, 15) is 14.4 Å². The smallest absolute Gasteiger partial charge is 0.336 e. The monoisotopic (exact) mass is 585 g/mol. The summed E-state index contributed by atoms with van der Waals surface area (Å²) in [5.74, 6) is -0.876. The van der Waals surface area contributed by atoms with Crippen LogP contribution in [-0.4, -0.2) is 60.4 Å². The largest absolute Gasteiger partial charge is 0.463 e. The fourth-order valence-corrected chi connectivity index (χ4v) is 6.04. The highest BCUT2D eigenvalue weighted by atomic mass is 35.5. The van der Waals surface area contributed by atoms with Gasteiger partial charge in [-0.05, 0) is 62.2 Å². The summed E-state index contributed by atoms with van der Waals surface area (Å²) >= 11 is 6.16. The van der Waals surface area contributed by atoms with Crippen LogP contribution in [0.15, 0.2) is 84.1 Å². The second-order valence-electron chi connectivity index (χ2n) is 10.8. The maximum absolute atomic E-state index is 13.5. The zero-order chi connectivity index (χ0) is 29.8. The molecule has 2 aliphatic heterocycles. The lowest BCUT2D eigenvalue weighted by atomic mass is 9.83. The van der Waals surface area contributed by atoms with Gasteiger partial charge in [0.2, 0.25) is 5.91 Å². The van der Waals surface area contributed by atoms with Crippen molar-refractivity contribution >= 4 is 35.1 Å². The van der Waals surface area contributed by atoms with Crippen LogP contribution in [0.4, 0.5) is 5.69 Å². The summed E-state index contributed by atoms with van der Waals surface area (Å²) in [5.41, 5.74) is 5.54. The molecule has 0 aromatic heterocycles. The van der Waals surface area contributed by atoms with Crippen molar-refractivity contribution in [3.05, 3.63) is 111 Å². The first-order valence-corrected chi connectivity index (χ1v) is 14.8. The van der Waals surface area contributed by atoms with Gasteiger partial charge in [-0.15, -0.1) is 0 Å². The van der Waals surface area contributed by atoms with E-state index in [1.807, 2.05) is 84.6 Å². The molecule has 2 heterocycles. The Kier molecular flexibility index (Phi) is 8.97. The van der Waals surface area contributed by atoms with Gasteiger partial charge in [0.15, 0.2) is 0 Å². The number of carbonyl (C=O) groups is 3. The molecule has 3 aromatic carbocycles. The minimum Gasteiger partial charge on any atom is -0.463 e. The number of aryl methyl sites for hydroxylation is 1. The number of halogens is 1. The Labute approximate surface area is 252 Å². The molecular formula is C34H36ClN3O4. The molecule has 3 aromatic rings. The first kappa shape index (κ1) is 29.4. The molecule has 0 spiro atoms. The molecule has 7 nitrogen and oxygen atoms in total. The number of hydrogen-bond acceptors (Lipinski definition) is 5. The lowest BCUT2D eigenvalue weighted by Crippen LogP contribution is -2.48. The Hall–Kier alpha value is -4.10.